The van der Waals surface area contributed by atoms with Gasteiger partial charge >= 0.3 is 0 Å². The summed E-state index contributed by atoms with van der Waals surface area (Å²) in [4.78, 5) is 12.9. The molecule has 0 aromatic carbocycles. The van der Waals surface area contributed by atoms with Gasteiger partial charge in [0, 0.05) is 18.8 Å². The van der Waals surface area contributed by atoms with E-state index in [1.165, 1.54) is 16.7 Å². The van der Waals surface area contributed by atoms with E-state index in [-0.39, 0.29) is 32.2 Å². The number of carbonyl (C=O) groups excluding carboxylic acids is 1. The van der Waals surface area contributed by atoms with Crippen LogP contribution in [0.5, 0.6) is 0 Å². The maximum atomic E-state index is 11.4. The lowest BCUT2D eigenvalue weighted by Crippen LogP contribution is -2.37. The Kier molecular flexibility index (Phi) is 8.72. The fourth-order valence-corrected chi connectivity index (χ4v) is 1.57. The largest absolute Gasteiger partial charge is 0.395 e. The molecule has 0 spiro atoms. The van der Waals surface area contributed by atoms with Crippen molar-refractivity contribution in [2.75, 3.05) is 37.8 Å². The molecule has 0 fully saturated rings. The van der Waals surface area contributed by atoms with Crippen LogP contribution in [0.1, 0.15) is 0 Å². The molecule has 0 aromatic heterocycles. The molecule has 0 atom stereocenters. The molecule has 0 saturated heterocycles. The Bertz CT molecular complexity index is 169. The second-order valence-electron chi connectivity index (χ2n) is 2.63. The fourth-order valence-electron chi connectivity index (χ4n) is 0.923. The zero-order chi connectivity index (χ0) is 10.8. The summed E-state index contributed by atoms with van der Waals surface area (Å²) in [5.41, 5.74) is 0. The number of aliphatic hydroxyl groups is 2. The van der Waals surface area contributed by atoms with Crippen LogP contribution in [0.4, 0.5) is 0 Å². The van der Waals surface area contributed by atoms with Crippen LogP contribution in [0.2, 0.25) is 0 Å². The summed E-state index contributed by atoms with van der Waals surface area (Å²) in [5.74, 6) is 1.05. The molecule has 0 aliphatic heterocycles. The molecule has 0 bridgehead atoms. The van der Waals surface area contributed by atoms with Gasteiger partial charge in [0.15, 0.2) is 0 Å². The molecule has 0 aromatic rings. The van der Waals surface area contributed by atoms with Crippen LogP contribution >= 0.6 is 11.8 Å². The minimum absolute atomic E-state index is 0.0556. The van der Waals surface area contributed by atoms with E-state index in [0.717, 1.165) is 5.75 Å². The highest BCUT2D eigenvalue weighted by Gasteiger charge is 2.11. The summed E-state index contributed by atoms with van der Waals surface area (Å²) >= 11 is 1.47. The summed E-state index contributed by atoms with van der Waals surface area (Å²) in [6.45, 7) is 3.98. The maximum Gasteiger partial charge on any atom is 0.232 e. The predicted octanol–water partition coefficient (Wildman–Crippen LogP) is -0.281. The summed E-state index contributed by atoms with van der Waals surface area (Å²) in [6.07, 6.45) is 1.74. The first-order valence-electron chi connectivity index (χ1n) is 4.44. The lowest BCUT2D eigenvalue weighted by Gasteiger charge is -2.20. The molecular weight excluding hydrogens is 202 g/mol. The number of nitrogens with zero attached hydrogens (tertiary/aromatic N) is 1. The third-order valence-corrected chi connectivity index (χ3v) is 2.48. The quantitative estimate of drug-likeness (QED) is 0.435. The smallest absolute Gasteiger partial charge is 0.232 e. The molecule has 14 heavy (non-hydrogen) atoms. The van der Waals surface area contributed by atoms with Crippen LogP contribution in [0.3, 0.4) is 0 Å². The van der Waals surface area contributed by atoms with Crippen molar-refractivity contribution in [2.24, 2.45) is 0 Å². The van der Waals surface area contributed by atoms with Crippen molar-refractivity contribution in [1.82, 2.24) is 4.90 Å². The highest BCUT2D eigenvalue weighted by molar-refractivity contribution is 8.00. The Hall–Kier alpha value is -0.520. The average molecular weight is 219 g/mol. The van der Waals surface area contributed by atoms with Gasteiger partial charge in [-0.1, -0.05) is 6.08 Å². The predicted molar refractivity (Wildman–Crippen MR) is 58.3 cm³/mol. The average Bonchev–Trinajstić information content (AvgIpc) is 2.18. The molecule has 0 saturated carbocycles. The van der Waals surface area contributed by atoms with Crippen molar-refractivity contribution in [2.45, 2.75) is 0 Å². The molecule has 0 rings (SSSR count). The van der Waals surface area contributed by atoms with E-state index < -0.39 is 0 Å². The first-order chi connectivity index (χ1) is 6.76. The molecule has 2 N–H and O–H groups in total. The number of hydrogen-bond acceptors (Lipinski definition) is 4. The van der Waals surface area contributed by atoms with Gasteiger partial charge in [-0.05, 0) is 0 Å². The van der Waals surface area contributed by atoms with E-state index in [0.29, 0.717) is 5.75 Å². The minimum atomic E-state index is -0.0716. The molecule has 0 unspecified atom stereocenters. The molecule has 5 heteroatoms. The van der Waals surface area contributed by atoms with Crippen molar-refractivity contribution in [3.05, 3.63) is 12.7 Å². The minimum Gasteiger partial charge on any atom is -0.395 e. The Balaban J connectivity index is 3.81. The zero-order valence-corrected chi connectivity index (χ0v) is 9.00. The Morgan fingerprint density at radius 1 is 1.36 bits per heavy atom. The standard InChI is InChI=1S/C9H17NO3S/c1-2-7-14-8-9(13)10(3-5-11)4-6-12/h2,11-12H,1,3-8H2. The topological polar surface area (TPSA) is 60.8 Å². The van der Waals surface area contributed by atoms with Crippen LogP contribution in [0, 0.1) is 0 Å². The van der Waals surface area contributed by atoms with Gasteiger partial charge in [0.2, 0.25) is 5.91 Å². The van der Waals surface area contributed by atoms with Gasteiger partial charge in [-0.15, -0.1) is 18.3 Å². The molecule has 0 heterocycles. The SMILES string of the molecule is C=CCSCC(=O)N(CCO)CCO. The van der Waals surface area contributed by atoms with Gasteiger partial charge in [0.1, 0.15) is 0 Å². The highest BCUT2D eigenvalue weighted by atomic mass is 32.2. The number of rotatable bonds is 8. The van der Waals surface area contributed by atoms with Gasteiger partial charge in [0.25, 0.3) is 0 Å². The Morgan fingerprint density at radius 3 is 2.36 bits per heavy atom. The third kappa shape index (κ3) is 6.01. The van der Waals surface area contributed by atoms with Crippen LogP contribution in [0.25, 0.3) is 0 Å². The number of carbonyl (C=O) groups is 1. The van der Waals surface area contributed by atoms with Gasteiger partial charge in [-0.2, -0.15) is 0 Å². The number of thioether (sulfide) groups is 1. The normalized spacial score (nSPS) is 9.86. The van der Waals surface area contributed by atoms with Crippen molar-refractivity contribution >= 4 is 17.7 Å². The summed E-state index contributed by atoms with van der Waals surface area (Å²) in [7, 11) is 0. The maximum absolute atomic E-state index is 11.4. The third-order valence-electron chi connectivity index (χ3n) is 1.55. The number of aliphatic hydroxyl groups excluding tert-OH is 2. The second kappa shape index (κ2) is 9.05. The molecule has 82 valence electrons. The zero-order valence-electron chi connectivity index (χ0n) is 8.19. The van der Waals surface area contributed by atoms with E-state index in [4.69, 9.17) is 10.2 Å². The van der Waals surface area contributed by atoms with E-state index in [2.05, 4.69) is 6.58 Å². The van der Waals surface area contributed by atoms with Gasteiger partial charge in [-0.3, -0.25) is 4.79 Å². The first-order valence-corrected chi connectivity index (χ1v) is 5.59. The van der Waals surface area contributed by atoms with E-state index in [1.54, 1.807) is 6.08 Å². The molecule has 1 amide bonds. The Morgan fingerprint density at radius 2 is 1.93 bits per heavy atom. The summed E-state index contributed by atoms with van der Waals surface area (Å²) < 4.78 is 0. The number of hydrogen-bond donors (Lipinski definition) is 2. The highest BCUT2D eigenvalue weighted by Crippen LogP contribution is 2.02. The van der Waals surface area contributed by atoms with Crippen molar-refractivity contribution in [3.8, 4) is 0 Å². The first kappa shape index (κ1) is 13.5. The fraction of sp³-hybridized carbons (Fsp3) is 0.667. The molecule has 0 aliphatic carbocycles. The Labute approximate surface area is 88.6 Å². The van der Waals surface area contributed by atoms with Gasteiger partial charge in [0.05, 0.1) is 19.0 Å². The van der Waals surface area contributed by atoms with Crippen LogP contribution < -0.4 is 0 Å². The van der Waals surface area contributed by atoms with E-state index in [1.807, 2.05) is 0 Å². The lowest BCUT2D eigenvalue weighted by molar-refractivity contribution is -0.129. The van der Waals surface area contributed by atoms with Crippen molar-refractivity contribution < 1.29 is 15.0 Å². The van der Waals surface area contributed by atoms with Crippen LogP contribution in [-0.4, -0.2) is 58.8 Å². The van der Waals surface area contributed by atoms with Crippen LogP contribution in [-0.2, 0) is 4.79 Å². The molecule has 0 radical (unpaired) electrons. The summed E-state index contributed by atoms with van der Waals surface area (Å²) in [6, 6.07) is 0. The van der Waals surface area contributed by atoms with Crippen LogP contribution in [0.15, 0.2) is 12.7 Å². The number of amides is 1. The monoisotopic (exact) mass is 219 g/mol. The lowest BCUT2D eigenvalue weighted by atomic mass is 10.4. The molecule has 0 aliphatic rings. The van der Waals surface area contributed by atoms with E-state index in [9.17, 15) is 4.79 Å². The van der Waals surface area contributed by atoms with Crippen molar-refractivity contribution in [3.63, 3.8) is 0 Å². The molecular formula is C9H17NO3S. The van der Waals surface area contributed by atoms with Gasteiger partial charge < -0.3 is 15.1 Å². The molecule has 4 nitrogen and oxygen atoms in total. The second-order valence-corrected chi connectivity index (χ2v) is 3.66. The summed E-state index contributed by atoms with van der Waals surface area (Å²) in [5, 5.41) is 17.4. The van der Waals surface area contributed by atoms with E-state index >= 15 is 0 Å². The van der Waals surface area contributed by atoms with Gasteiger partial charge in [-0.25, -0.2) is 0 Å². The van der Waals surface area contributed by atoms with Crippen molar-refractivity contribution in [1.29, 1.82) is 0 Å².